The molecule has 1 aliphatic rings. The summed E-state index contributed by atoms with van der Waals surface area (Å²) in [6.45, 7) is 0.732. The maximum absolute atomic E-state index is 14.0. The van der Waals surface area contributed by atoms with Gasteiger partial charge in [-0.3, -0.25) is 4.79 Å². The van der Waals surface area contributed by atoms with Crippen LogP contribution in [0, 0.1) is 11.7 Å². The molecule has 5 nitrogen and oxygen atoms in total. The van der Waals surface area contributed by atoms with E-state index in [1.54, 1.807) is 18.2 Å². The van der Waals surface area contributed by atoms with Crippen molar-refractivity contribution in [2.75, 3.05) is 7.11 Å². The Kier molecular flexibility index (Phi) is 6.56. The Morgan fingerprint density at radius 3 is 2.64 bits per heavy atom. The second-order valence-electron chi connectivity index (χ2n) is 6.25. The first kappa shape index (κ1) is 19.4. The molecule has 3 rings (SSSR count). The summed E-state index contributed by atoms with van der Waals surface area (Å²) in [6, 6.07) is 6.30. The zero-order valence-electron chi connectivity index (χ0n) is 14.2. The van der Waals surface area contributed by atoms with Crippen LogP contribution in [0.5, 0.6) is 5.75 Å². The Hall–Kier alpha value is -1.92. The molecule has 2 aromatic rings. The first-order chi connectivity index (χ1) is 11.6. The average molecular weight is 368 g/mol. The van der Waals surface area contributed by atoms with Gasteiger partial charge in [-0.2, -0.15) is 5.10 Å². The van der Waals surface area contributed by atoms with Crippen LogP contribution in [0.2, 0.25) is 0 Å². The fraction of sp³-hybridized carbons (Fsp3) is 0.444. The van der Waals surface area contributed by atoms with Gasteiger partial charge in [0.1, 0.15) is 0 Å². The molecule has 1 aliphatic carbocycles. The normalized spacial score (nSPS) is 14.4. The number of nitrogens with zero attached hydrogens (tertiary/aromatic N) is 2. The molecule has 0 atom stereocenters. The topological polar surface area (TPSA) is 70.1 Å². The number of methoxy groups -OCH3 is 1. The third kappa shape index (κ3) is 4.19. The molecule has 1 fully saturated rings. The van der Waals surface area contributed by atoms with Gasteiger partial charge in [0, 0.05) is 24.2 Å². The first-order valence-corrected chi connectivity index (χ1v) is 8.27. The zero-order valence-corrected chi connectivity index (χ0v) is 15.0. The molecule has 1 aromatic carbocycles. The summed E-state index contributed by atoms with van der Waals surface area (Å²) in [5.41, 5.74) is 7.21. The van der Waals surface area contributed by atoms with Crippen LogP contribution in [-0.4, -0.2) is 16.9 Å². The summed E-state index contributed by atoms with van der Waals surface area (Å²) in [5, 5.41) is 4.45. The van der Waals surface area contributed by atoms with Crippen LogP contribution >= 0.6 is 12.4 Å². The Bertz CT molecular complexity index is 788. The molecule has 0 saturated heterocycles. The number of hydrogen-bond acceptors (Lipinski definition) is 4. The van der Waals surface area contributed by atoms with Crippen LogP contribution in [0.15, 0.2) is 29.1 Å². The van der Waals surface area contributed by atoms with E-state index in [4.69, 9.17) is 10.5 Å². The Morgan fingerprint density at radius 2 is 2.04 bits per heavy atom. The molecule has 0 spiro atoms. The van der Waals surface area contributed by atoms with Crippen molar-refractivity contribution in [1.82, 2.24) is 9.78 Å². The van der Waals surface area contributed by atoms with E-state index in [1.165, 1.54) is 30.7 Å². The predicted octanol–water partition coefficient (Wildman–Crippen LogP) is 3.13. The molecule has 0 radical (unpaired) electrons. The standard InChI is InChI=1S/C18H22FN3O2.ClH/c1-24-17-7-6-13(8-15(17)19)16-9-14(10-20)18(23)22(21-16)11-12-4-2-3-5-12;/h6-9,12H,2-5,10-11,20H2,1H3;1H. The van der Waals surface area contributed by atoms with E-state index < -0.39 is 5.82 Å². The molecule has 7 heteroatoms. The van der Waals surface area contributed by atoms with Crippen molar-refractivity contribution in [2.24, 2.45) is 11.7 Å². The van der Waals surface area contributed by atoms with Crippen LogP contribution in [0.3, 0.4) is 0 Å². The fourth-order valence-electron chi connectivity index (χ4n) is 3.27. The van der Waals surface area contributed by atoms with Gasteiger partial charge in [0.25, 0.3) is 5.56 Å². The number of rotatable bonds is 5. The highest BCUT2D eigenvalue weighted by molar-refractivity contribution is 5.85. The average Bonchev–Trinajstić information content (AvgIpc) is 3.09. The van der Waals surface area contributed by atoms with Crippen molar-refractivity contribution in [3.05, 3.63) is 46.0 Å². The predicted molar refractivity (Wildman–Crippen MR) is 97.5 cm³/mol. The van der Waals surface area contributed by atoms with Crippen molar-refractivity contribution in [3.63, 3.8) is 0 Å². The van der Waals surface area contributed by atoms with Crippen LogP contribution < -0.4 is 16.0 Å². The van der Waals surface area contributed by atoms with E-state index in [0.29, 0.717) is 29.3 Å². The molecule has 0 unspecified atom stereocenters. The lowest BCUT2D eigenvalue weighted by atomic mass is 10.1. The van der Waals surface area contributed by atoms with Crippen molar-refractivity contribution < 1.29 is 9.13 Å². The molecule has 0 amide bonds. The van der Waals surface area contributed by atoms with Gasteiger partial charge >= 0.3 is 0 Å². The maximum atomic E-state index is 14.0. The van der Waals surface area contributed by atoms with Crippen LogP contribution in [0.4, 0.5) is 4.39 Å². The van der Waals surface area contributed by atoms with E-state index in [1.807, 2.05) is 0 Å². The lowest BCUT2D eigenvalue weighted by Crippen LogP contribution is -2.30. The molecule has 1 saturated carbocycles. The molecule has 136 valence electrons. The Balaban J connectivity index is 0.00000225. The SMILES string of the molecule is COc1ccc(-c2cc(CN)c(=O)n(CC3CCCC3)n2)cc1F.Cl. The van der Waals surface area contributed by atoms with Crippen LogP contribution in [-0.2, 0) is 13.1 Å². The number of benzene rings is 1. The van der Waals surface area contributed by atoms with Gasteiger partial charge in [-0.15, -0.1) is 12.4 Å². The number of hydrogen-bond donors (Lipinski definition) is 1. The van der Waals surface area contributed by atoms with Crippen molar-refractivity contribution in [2.45, 2.75) is 38.8 Å². The smallest absolute Gasteiger partial charge is 0.271 e. The quantitative estimate of drug-likeness (QED) is 0.881. The highest BCUT2D eigenvalue weighted by atomic mass is 35.5. The lowest BCUT2D eigenvalue weighted by Gasteiger charge is -2.14. The van der Waals surface area contributed by atoms with E-state index >= 15 is 0 Å². The van der Waals surface area contributed by atoms with E-state index in [2.05, 4.69) is 5.10 Å². The third-order valence-electron chi connectivity index (χ3n) is 4.62. The van der Waals surface area contributed by atoms with Gasteiger partial charge in [-0.25, -0.2) is 9.07 Å². The molecular formula is C18H23ClFN3O2. The minimum Gasteiger partial charge on any atom is -0.494 e. The summed E-state index contributed by atoms with van der Waals surface area (Å²) in [5.74, 6) is 0.195. The van der Waals surface area contributed by atoms with E-state index in [-0.39, 0.29) is 30.3 Å². The lowest BCUT2D eigenvalue weighted by molar-refractivity contribution is 0.386. The number of aromatic nitrogens is 2. The van der Waals surface area contributed by atoms with Gasteiger partial charge in [0.05, 0.1) is 12.8 Å². The summed E-state index contributed by atoms with van der Waals surface area (Å²) in [4.78, 5) is 12.5. The fourth-order valence-corrected chi connectivity index (χ4v) is 3.27. The summed E-state index contributed by atoms with van der Waals surface area (Å²) < 4.78 is 20.4. The first-order valence-electron chi connectivity index (χ1n) is 8.27. The minimum atomic E-state index is -0.459. The molecule has 1 heterocycles. The molecule has 0 aliphatic heterocycles. The summed E-state index contributed by atoms with van der Waals surface area (Å²) in [7, 11) is 1.42. The van der Waals surface area contributed by atoms with Crippen molar-refractivity contribution >= 4 is 12.4 Å². The van der Waals surface area contributed by atoms with Crippen molar-refractivity contribution in [3.8, 4) is 17.0 Å². The third-order valence-corrected chi connectivity index (χ3v) is 4.62. The summed E-state index contributed by atoms with van der Waals surface area (Å²) >= 11 is 0. The Morgan fingerprint density at radius 1 is 1.32 bits per heavy atom. The second kappa shape index (κ2) is 8.45. The Labute approximate surface area is 152 Å². The number of ether oxygens (including phenoxy) is 1. The van der Waals surface area contributed by atoms with Crippen LogP contribution in [0.1, 0.15) is 31.2 Å². The molecule has 1 aromatic heterocycles. The zero-order chi connectivity index (χ0) is 17.1. The number of halogens is 2. The van der Waals surface area contributed by atoms with Gasteiger partial charge in [0.2, 0.25) is 0 Å². The molecule has 2 N–H and O–H groups in total. The van der Waals surface area contributed by atoms with Gasteiger partial charge in [-0.1, -0.05) is 12.8 Å². The van der Waals surface area contributed by atoms with Gasteiger partial charge < -0.3 is 10.5 Å². The van der Waals surface area contributed by atoms with E-state index in [0.717, 1.165) is 12.8 Å². The van der Waals surface area contributed by atoms with E-state index in [9.17, 15) is 9.18 Å². The molecule has 0 bridgehead atoms. The van der Waals surface area contributed by atoms with Crippen molar-refractivity contribution in [1.29, 1.82) is 0 Å². The van der Waals surface area contributed by atoms with Gasteiger partial charge in [0.15, 0.2) is 11.6 Å². The molecule has 25 heavy (non-hydrogen) atoms. The maximum Gasteiger partial charge on any atom is 0.271 e. The largest absolute Gasteiger partial charge is 0.494 e. The minimum absolute atomic E-state index is 0. The van der Waals surface area contributed by atoms with Gasteiger partial charge in [-0.05, 0) is 43.0 Å². The molecular weight excluding hydrogens is 345 g/mol. The highest BCUT2D eigenvalue weighted by Gasteiger charge is 2.18. The summed E-state index contributed by atoms with van der Waals surface area (Å²) in [6.07, 6.45) is 4.64. The second-order valence-corrected chi connectivity index (χ2v) is 6.25. The number of nitrogens with two attached hydrogens (primary N) is 1. The van der Waals surface area contributed by atoms with Crippen LogP contribution in [0.25, 0.3) is 11.3 Å². The monoisotopic (exact) mass is 367 g/mol. The highest BCUT2D eigenvalue weighted by Crippen LogP contribution is 2.27.